The number of carboxylic acids is 1. The normalized spacial score (nSPS) is 10.4. The van der Waals surface area contributed by atoms with Crippen molar-refractivity contribution in [3.8, 4) is 5.82 Å². The summed E-state index contributed by atoms with van der Waals surface area (Å²) in [6.07, 6.45) is 0. The number of halogens is 2. The number of carboxylic acid groups (broad SMARTS) is 1. The third kappa shape index (κ3) is 2.53. The van der Waals surface area contributed by atoms with Crippen LogP contribution in [0.1, 0.15) is 10.5 Å². The van der Waals surface area contributed by atoms with Gasteiger partial charge < -0.3 is 15.2 Å². The molecule has 98 valence electrons. The molecule has 0 saturated carbocycles. The van der Waals surface area contributed by atoms with Gasteiger partial charge in [-0.1, -0.05) is 11.6 Å². The molecule has 0 spiro atoms. The first-order chi connectivity index (χ1) is 8.90. The minimum absolute atomic E-state index is 0.0189. The van der Waals surface area contributed by atoms with Gasteiger partial charge in [0.05, 0.1) is 5.02 Å². The summed E-state index contributed by atoms with van der Waals surface area (Å²) in [4.78, 5) is 27.9. The van der Waals surface area contributed by atoms with Crippen LogP contribution in [0, 0.1) is 10.1 Å². The first kappa shape index (κ1) is 13.4. The average Bonchev–Trinajstić information content (AvgIpc) is 2.72. The predicted molar refractivity (Wildman–Crippen MR) is 65.5 cm³/mol. The van der Waals surface area contributed by atoms with Gasteiger partial charge in [-0.15, -0.1) is 4.68 Å². The fourth-order valence-electron chi connectivity index (χ4n) is 1.21. The summed E-state index contributed by atoms with van der Waals surface area (Å²) in [5.41, 5.74) is -0.385. The number of nitrogens with zero attached hydrogens (tertiary/aromatic N) is 5. The van der Waals surface area contributed by atoms with E-state index < -0.39 is 16.8 Å². The maximum Gasteiger partial charge on any atom is 0.492 e. The van der Waals surface area contributed by atoms with Gasteiger partial charge in [0.2, 0.25) is 0 Å². The van der Waals surface area contributed by atoms with Crippen LogP contribution in [0.5, 0.6) is 0 Å². The lowest BCUT2D eigenvalue weighted by Gasteiger charge is -2.00. The van der Waals surface area contributed by atoms with Gasteiger partial charge in [0, 0.05) is 21.0 Å². The van der Waals surface area contributed by atoms with E-state index in [9.17, 15) is 14.9 Å². The van der Waals surface area contributed by atoms with Gasteiger partial charge in [-0.05, 0) is 22.0 Å². The summed E-state index contributed by atoms with van der Waals surface area (Å²) in [5.74, 6) is -1.92. The Bertz CT molecular complexity index is 688. The molecule has 0 atom stereocenters. The van der Waals surface area contributed by atoms with E-state index in [0.717, 1.165) is 4.68 Å². The first-order valence-electron chi connectivity index (χ1n) is 4.57. The van der Waals surface area contributed by atoms with E-state index in [2.05, 4.69) is 31.0 Å². The molecular weight excluding hydrogens is 345 g/mol. The Morgan fingerprint density at radius 2 is 2.16 bits per heavy atom. The molecule has 11 heteroatoms. The van der Waals surface area contributed by atoms with Crippen molar-refractivity contribution < 1.29 is 14.8 Å². The number of aromatic carboxylic acids is 1. The molecule has 9 nitrogen and oxygen atoms in total. The zero-order chi connectivity index (χ0) is 14.2. The molecule has 2 aromatic rings. The minimum atomic E-state index is -1.32. The van der Waals surface area contributed by atoms with E-state index in [4.69, 9.17) is 16.7 Å². The van der Waals surface area contributed by atoms with Gasteiger partial charge in [0.15, 0.2) is 11.5 Å². The molecular formula is C8H3BrClN5O4. The molecule has 0 unspecified atom stereocenters. The number of carbonyl (C=O) groups is 1. The Morgan fingerprint density at radius 1 is 1.47 bits per heavy atom. The number of rotatable bonds is 3. The van der Waals surface area contributed by atoms with E-state index in [1.54, 1.807) is 0 Å². The van der Waals surface area contributed by atoms with E-state index >= 15 is 0 Å². The summed E-state index contributed by atoms with van der Waals surface area (Å²) < 4.78 is 1.01. The maximum absolute atomic E-state index is 10.9. The van der Waals surface area contributed by atoms with Crippen LogP contribution in [0.3, 0.4) is 0 Å². The summed E-state index contributed by atoms with van der Waals surface area (Å²) in [5, 5.41) is 22.9. The van der Waals surface area contributed by atoms with Gasteiger partial charge >= 0.3 is 11.9 Å². The second-order valence-corrected chi connectivity index (χ2v) is 4.27. The second kappa shape index (κ2) is 4.90. The van der Waals surface area contributed by atoms with Crippen LogP contribution in [0.4, 0.5) is 5.95 Å². The van der Waals surface area contributed by atoms with Crippen molar-refractivity contribution in [3.05, 3.63) is 37.7 Å². The Morgan fingerprint density at radius 3 is 2.68 bits per heavy atom. The standard InChI is InChI=1S/C8H3BrClN5O4/c9-7-12-8(15(18)19)13-14(7)4-2-1-3(10)5(11-4)6(16)17/h1-2H,(H,16,17). The second-order valence-electron chi connectivity index (χ2n) is 3.15. The molecule has 0 aromatic carbocycles. The lowest BCUT2D eigenvalue weighted by Crippen LogP contribution is -2.07. The lowest BCUT2D eigenvalue weighted by molar-refractivity contribution is -0.394. The van der Waals surface area contributed by atoms with Crippen LogP contribution in [-0.4, -0.2) is 35.7 Å². The fraction of sp³-hybridized carbons (Fsp3) is 0. The van der Waals surface area contributed by atoms with Crippen molar-refractivity contribution in [1.82, 2.24) is 19.7 Å². The first-order valence-corrected chi connectivity index (χ1v) is 5.74. The van der Waals surface area contributed by atoms with Crippen LogP contribution in [-0.2, 0) is 0 Å². The van der Waals surface area contributed by atoms with Gasteiger partial charge in [-0.2, -0.15) is 0 Å². The smallest absolute Gasteiger partial charge is 0.476 e. The molecule has 19 heavy (non-hydrogen) atoms. The highest BCUT2D eigenvalue weighted by molar-refractivity contribution is 9.10. The van der Waals surface area contributed by atoms with E-state index in [1.807, 2.05) is 0 Å². The molecule has 0 aliphatic carbocycles. The third-order valence-corrected chi connectivity index (χ3v) is 2.79. The van der Waals surface area contributed by atoms with Gasteiger partial charge in [-0.25, -0.2) is 9.78 Å². The van der Waals surface area contributed by atoms with Crippen molar-refractivity contribution in [2.24, 2.45) is 0 Å². The molecule has 2 aromatic heterocycles. The minimum Gasteiger partial charge on any atom is -0.476 e. The Balaban J connectivity index is 2.56. The van der Waals surface area contributed by atoms with Crippen LogP contribution in [0.2, 0.25) is 5.02 Å². The van der Waals surface area contributed by atoms with Crippen molar-refractivity contribution in [3.63, 3.8) is 0 Å². The van der Waals surface area contributed by atoms with E-state index in [-0.39, 0.29) is 21.3 Å². The lowest BCUT2D eigenvalue weighted by atomic mass is 10.3. The van der Waals surface area contributed by atoms with Crippen LogP contribution in [0.15, 0.2) is 16.9 Å². The molecule has 0 fully saturated rings. The van der Waals surface area contributed by atoms with E-state index in [1.165, 1.54) is 12.1 Å². The molecule has 0 bridgehead atoms. The van der Waals surface area contributed by atoms with Crippen molar-refractivity contribution in [2.45, 2.75) is 0 Å². The Labute approximate surface area is 118 Å². The zero-order valence-corrected chi connectivity index (χ0v) is 11.2. The quantitative estimate of drug-likeness (QED) is 0.661. The topological polar surface area (TPSA) is 124 Å². The van der Waals surface area contributed by atoms with Crippen LogP contribution < -0.4 is 0 Å². The number of nitro groups is 1. The highest BCUT2D eigenvalue weighted by atomic mass is 79.9. The fourth-order valence-corrected chi connectivity index (χ4v) is 1.81. The molecule has 0 aliphatic rings. The number of hydrogen-bond donors (Lipinski definition) is 1. The molecule has 1 N–H and O–H groups in total. The van der Waals surface area contributed by atoms with E-state index in [0.29, 0.717) is 0 Å². The Hall–Kier alpha value is -2.07. The maximum atomic E-state index is 10.9. The molecule has 0 saturated heterocycles. The van der Waals surface area contributed by atoms with Crippen molar-refractivity contribution in [2.75, 3.05) is 0 Å². The van der Waals surface area contributed by atoms with Crippen LogP contribution in [0.25, 0.3) is 5.82 Å². The summed E-state index contributed by atoms with van der Waals surface area (Å²) in [6.45, 7) is 0. The third-order valence-electron chi connectivity index (χ3n) is 1.97. The predicted octanol–water partition coefficient (Wildman–Crippen LogP) is 1.68. The molecule has 0 amide bonds. The summed E-state index contributed by atoms with van der Waals surface area (Å²) in [7, 11) is 0. The van der Waals surface area contributed by atoms with Gasteiger partial charge in [0.25, 0.3) is 4.73 Å². The molecule has 2 rings (SSSR count). The molecule has 0 aliphatic heterocycles. The number of hydrogen-bond acceptors (Lipinski definition) is 6. The van der Waals surface area contributed by atoms with Crippen LogP contribution >= 0.6 is 27.5 Å². The summed E-state index contributed by atoms with van der Waals surface area (Å²) in [6, 6.07) is 2.66. The molecule has 0 radical (unpaired) electrons. The number of pyridine rings is 1. The zero-order valence-electron chi connectivity index (χ0n) is 8.82. The highest BCUT2D eigenvalue weighted by Crippen LogP contribution is 2.20. The average molecular weight is 348 g/mol. The molecule has 2 heterocycles. The Kier molecular flexibility index (Phi) is 3.44. The SMILES string of the molecule is O=C(O)c1nc(-n2nc([N+](=O)[O-])nc2Br)ccc1Cl. The monoisotopic (exact) mass is 347 g/mol. The summed E-state index contributed by atoms with van der Waals surface area (Å²) >= 11 is 8.63. The van der Waals surface area contributed by atoms with Gasteiger partial charge in [0.1, 0.15) is 0 Å². The largest absolute Gasteiger partial charge is 0.492 e. The van der Waals surface area contributed by atoms with Gasteiger partial charge in [-0.3, -0.25) is 0 Å². The highest BCUT2D eigenvalue weighted by Gasteiger charge is 2.22. The van der Waals surface area contributed by atoms with Crippen molar-refractivity contribution >= 4 is 39.4 Å². The number of aromatic nitrogens is 4. The van der Waals surface area contributed by atoms with Crippen molar-refractivity contribution in [1.29, 1.82) is 0 Å².